The number of para-hydroxylation sites is 2. The van der Waals surface area contributed by atoms with Gasteiger partial charge in [0.2, 0.25) is 5.91 Å². The lowest BCUT2D eigenvalue weighted by Crippen LogP contribution is -2.29. The van der Waals surface area contributed by atoms with E-state index in [2.05, 4.69) is 39.5 Å². The molecule has 0 bridgehead atoms. The van der Waals surface area contributed by atoms with Gasteiger partial charge in [0.1, 0.15) is 6.54 Å². The third-order valence-electron chi connectivity index (χ3n) is 5.18. The number of amides is 1. The van der Waals surface area contributed by atoms with E-state index in [1.165, 1.54) is 26.3 Å². The lowest BCUT2D eigenvalue weighted by atomic mass is 10.1. The molecule has 1 N–H and O–H groups in total. The van der Waals surface area contributed by atoms with Crippen molar-refractivity contribution < 1.29 is 9.21 Å². The number of carbonyl (C=O) groups excluding carboxylic acids is 1. The van der Waals surface area contributed by atoms with E-state index in [-0.39, 0.29) is 12.5 Å². The first kappa shape index (κ1) is 18.8. The first-order chi connectivity index (χ1) is 14.7. The van der Waals surface area contributed by atoms with Crippen LogP contribution < -0.4 is 11.1 Å². The fraction of sp³-hybridized carbons (Fsp3) is 0.227. The van der Waals surface area contributed by atoms with Crippen molar-refractivity contribution in [3.05, 3.63) is 81.3 Å². The molecule has 0 saturated carbocycles. The van der Waals surface area contributed by atoms with Crippen molar-refractivity contribution in [1.29, 1.82) is 0 Å². The number of nitrogens with one attached hydrogen (secondary N) is 1. The van der Waals surface area contributed by atoms with Gasteiger partial charge in [0.15, 0.2) is 10.7 Å². The number of hydrogen-bond acceptors (Lipinski definition) is 6. The number of oxazole rings is 1. The van der Waals surface area contributed by atoms with E-state index in [0.29, 0.717) is 16.2 Å². The zero-order chi connectivity index (χ0) is 20.5. The van der Waals surface area contributed by atoms with Crippen molar-refractivity contribution in [2.75, 3.05) is 11.9 Å². The fourth-order valence-electron chi connectivity index (χ4n) is 3.74. The molecule has 7 nitrogen and oxygen atoms in total. The largest absolute Gasteiger partial charge is 0.420 e. The van der Waals surface area contributed by atoms with Crippen LogP contribution in [0.3, 0.4) is 0 Å². The van der Waals surface area contributed by atoms with Crippen molar-refractivity contribution in [2.24, 2.45) is 0 Å². The summed E-state index contributed by atoms with van der Waals surface area (Å²) in [4.78, 5) is 32.8. The maximum Gasteiger partial charge on any atom is 0.420 e. The van der Waals surface area contributed by atoms with Crippen LogP contribution in [0.25, 0.3) is 11.1 Å². The molecule has 8 heteroatoms. The van der Waals surface area contributed by atoms with Crippen LogP contribution in [0.5, 0.6) is 0 Å². The monoisotopic (exact) mass is 420 g/mol. The van der Waals surface area contributed by atoms with Gasteiger partial charge in [-0.25, -0.2) is 9.78 Å². The minimum Gasteiger partial charge on any atom is -0.408 e. The number of benzene rings is 2. The van der Waals surface area contributed by atoms with Crippen LogP contribution in [0.4, 0.5) is 5.13 Å². The van der Waals surface area contributed by atoms with Crippen LogP contribution in [0.1, 0.15) is 16.1 Å². The topological polar surface area (TPSA) is 80.4 Å². The Balaban J connectivity index is 1.26. The molecule has 4 aromatic rings. The predicted octanol–water partition coefficient (Wildman–Crippen LogP) is 3.25. The van der Waals surface area contributed by atoms with Gasteiger partial charge in [-0.2, -0.15) is 0 Å². The van der Waals surface area contributed by atoms with Gasteiger partial charge in [0.25, 0.3) is 0 Å². The molecule has 30 heavy (non-hydrogen) atoms. The van der Waals surface area contributed by atoms with Crippen molar-refractivity contribution in [3.8, 4) is 0 Å². The molecule has 0 spiro atoms. The Labute approximate surface area is 176 Å². The highest BCUT2D eigenvalue weighted by Gasteiger charge is 2.22. The molecule has 0 aliphatic carbocycles. The zero-order valence-corrected chi connectivity index (χ0v) is 17.0. The van der Waals surface area contributed by atoms with Crippen LogP contribution in [-0.4, -0.2) is 26.9 Å². The standard InChI is InChI=1S/C22H20N4O3S/c27-20(14-26-17-8-4-5-9-18(17)29-22(26)28)24-21-23-16-10-11-25(13-19(16)30-21)12-15-6-2-1-3-7-15/h1-9H,10-14H2,(H,23,24,27). The molecule has 1 aliphatic heterocycles. The molecule has 2 aromatic carbocycles. The van der Waals surface area contributed by atoms with E-state index in [0.717, 1.165) is 31.7 Å². The minimum atomic E-state index is -0.540. The van der Waals surface area contributed by atoms with Crippen LogP contribution in [0, 0.1) is 0 Å². The number of anilines is 1. The van der Waals surface area contributed by atoms with E-state index in [4.69, 9.17) is 4.42 Å². The maximum absolute atomic E-state index is 12.5. The summed E-state index contributed by atoms with van der Waals surface area (Å²) in [6, 6.07) is 17.5. The molecule has 3 heterocycles. The molecule has 0 unspecified atom stereocenters. The van der Waals surface area contributed by atoms with Gasteiger partial charge in [-0.15, -0.1) is 11.3 Å². The average Bonchev–Trinajstić information content (AvgIpc) is 3.28. The van der Waals surface area contributed by atoms with E-state index < -0.39 is 5.76 Å². The third-order valence-corrected chi connectivity index (χ3v) is 6.18. The molecular formula is C22H20N4O3S. The molecule has 0 saturated heterocycles. The molecule has 152 valence electrons. The molecule has 0 fully saturated rings. The number of aromatic nitrogens is 2. The number of rotatable bonds is 5. The smallest absolute Gasteiger partial charge is 0.408 e. The van der Waals surface area contributed by atoms with Gasteiger partial charge >= 0.3 is 5.76 Å². The summed E-state index contributed by atoms with van der Waals surface area (Å²) in [5.41, 5.74) is 3.41. The molecule has 2 aromatic heterocycles. The molecular weight excluding hydrogens is 400 g/mol. The molecule has 5 rings (SSSR count). The van der Waals surface area contributed by atoms with E-state index >= 15 is 0 Å². The second kappa shape index (κ2) is 7.89. The van der Waals surface area contributed by atoms with Gasteiger partial charge in [-0.05, 0) is 17.7 Å². The van der Waals surface area contributed by atoms with Crippen molar-refractivity contribution in [1.82, 2.24) is 14.5 Å². The quantitative estimate of drug-likeness (QED) is 0.536. The van der Waals surface area contributed by atoms with Crippen molar-refractivity contribution >= 4 is 33.5 Å². The normalized spacial score (nSPS) is 14.0. The highest BCUT2D eigenvalue weighted by molar-refractivity contribution is 7.15. The average molecular weight is 420 g/mol. The summed E-state index contributed by atoms with van der Waals surface area (Å²) in [6.07, 6.45) is 0.861. The van der Waals surface area contributed by atoms with Crippen LogP contribution in [-0.2, 0) is 30.8 Å². The minimum absolute atomic E-state index is 0.111. The molecule has 1 aliphatic rings. The fourth-order valence-corrected chi connectivity index (χ4v) is 4.81. The lowest BCUT2D eigenvalue weighted by Gasteiger charge is -2.25. The highest BCUT2D eigenvalue weighted by atomic mass is 32.1. The Hall–Kier alpha value is -3.23. The second-order valence-electron chi connectivity index (χ2n) is 7.31. The maximum atomic E-state index is 12.5. The third kappa shape index (κ3) is 3.79. The Morgan fingerprint density at radius 1 is 1.13 bits per heavy atom. The number of carbonyl (C=O) groups is 1. The van der Waals surface area contributed by atoms with E-state index in [1.807, 2.05) is 12.1 Å². The Bertz CT molecular complexity index is 1260. The van der Waals surface area contributed by atoms with Gasteiger partial charge in [-0.1, -0.05) is 42.5 Å². The second-order valence-corrected chi connectivity index (χ2v) is 8.39. The summed E-state index contributed by atoms with van der Waals surface area (Å²) >= 11 is 1.50. The van der Waals surface area contributed by atoms with Crippen LogP contribution in [0.2, 0.25) is 0 Å². The first-order valence-electron chi connectivity index (χ1n) is 9.79. The van der Waals surface area contributed by atoms with Crippen molar-refractivity contribution in [3.63, 3.8) is 0 Å². The van der Waals surface area contributed by atoms with Crippen LogP contribution in [0.15, 0.2) is 63.8 Å². The van der Waals surface area contributed by atoms with Gasteiger partial charge in [0, 0.05) is 30.9 Å². The van der Waals surface area contributed by atoms with E-state index in [1.54, 1.807) is 18.2 Å². The SMILES string of the molecule is O=C(Cn1c(=O)oc2ccccc21)Nc1nc2c(s1)CN(Cc1ccccc1)CC2. The lowest BCUT2D eigenvalue weighted by molar-refractivity contribution is -0.116. The van der Waals surface area contributed by atoms with Gasteiger partial charge in [0.05, 0.1) is 11.2 Å². The Morgan fingerprint density at radius 3 is 2.80 bits per heavy atom. The first-order valence-corrected chi connectivity index (χ1v) is 10.6. The summed E-state index contributed by atoms with van der Waals surface area (Å²) in [7, 11) is 0. The zero-order valence-electron chi connectivity index (χ0n) is 16.2. The highest BCUT2D eigenvalue weighted by Crippen LogP contribution is 2.29. The summed E-state index contributed by atoms with van der Waals surface area (Å²) in [5.74, 6) is -0.836. The number of fused-ring (bicyclic) bond motifs is 2. The van der Waals surface area contributed by atoms with Gasteiger partial charge in [-0.3, -0.25) is 14.3 Å². The predicted molar refractivity (Wildman–Crippen MR) is 115 cm³/mol. The van der Waals surface area contributed by atoms with E-state index in [9.17, 15) is 9.59 Å². The molecule has 1 amide bonds. The van der Waals surface area contributed by atoms with Gasteiger partial charge < -0.3 is 9.73 Å². The Morgan fingerprint density at radius 2 is 1.93 bits per heavy atom. The van der Waals surface area contributed by atoms with Crippen molar-refractivity contribution in [2.45, 2.75) is 26.1 Å². The Kier molecular flexibility index (Phi) is 4.94. The number of thiazole rings is 1. The summed E-state index contributed by atoms with van der Waals surface area (Å²) in [6.45, 7) is 2.55. The number of hydrogen-bond donors (Lipinski definition) is 1. The summed E-state index contributed by atoms with van der Waals surface area (Å²) < 4.78 is 6.52. The molecule has 0 atom stereocenters. The van der Waals surface area contributed by atoms with Crippen LogP contribution >= 0.6 is 11.3 Å². The summed E-state index contributed by atoms with van der Waals surface area (Å²) in [5, 5.41) is 3.42. The molecule has 0 radical (unpaired) electrons. The number of nitrogens with zero attached hydrogens (tertiary/aromatic N) is 3.